The Morgan fingerprint density at radius 2 is 2.00 bits per heavy atom. The molecule has 0 radical (unpaired) electrons. The molecule has 0 aromatic heterocycles. The van der Waals surface area contributed by atoms with Crippen LogP contribution < -0.4 is 15.4 Å². The van der Waals surface area contributed by atoms with Crippen molar-refractivity contribution in [1.29, 1.82) is 0 Å². The van der Waals surface area contributed by atoms with Crippen LogP contribution in [0, 0.1) is 5.82 Å². The Morgan fingerprint density at radius 1 is 1.26 bits per heavy atom. The van der Waals surface area contributed by atoms with Gasteiger partial charge in [-0.05, 0) is 36.6 Å². The van der Waals surface area contributed by atoms with Crippen molar-refractivity contribution in [1.82, 2.24) is 10.6 Å². The second-order valence-corrected chi connectivity index (χ2v) is 6.78. The molecule has 6 heteroatoms. The summed E-state index contributed by atoms with van der Waals surface area (Å²) in [5.74, 6) is 0.346. The number of hydrogen-bond acceptors (Lipinski definition) is 4. The van der Waals surface area contributed by atoms with Crippen LogP contribution >= 0.6 is 0 Å². The van der Waals surface area contributed by atoms with Crippen molar-refractivity contribution in [3.8, 4) is 5.75 Å². The molecule has 0 saturated carbocycles. The largest absolute Gasteiger partial charge is 0.489 e. The molecular formula is C21H25FN2O3. The summed E-state index contributed by atoms with van der Waals surface area (Å²) in [5.41, 5.74) is 0.901. The van der Waals surface area contributed by atoms with Crippen LogP contribution in [0.1, 0.15) is 30.0 Å². The molecule has 2 N–H and O–H groups in total. The second-order valence-electron chi connectivity index (χ2n) is 6.78. The SMILES string of the molecule is CNC(=O)[C@]1(COC)CC[C@H](c2ccc(OCc3ccccc3F)cc2)N1. The summed E-state index contributed by atoms with van der Waals surface area (Å²) in [6.45, 7) is 0.508. The summed E-state index contributed by atoms with van der Waals surface area (Å²) in [6, 6.07) is 14.3. The van der Waals surface area contributed by atoms with Crippen LogP contribution in [0.3, 0.4) is 0 Å². The Morgan fingerprint density at radius 3 is 2.67 bits per heavy atom. The normalized spacial score (nSPS) is 21.8. The van der Waals surface area contributed by atoms with E-state index in [1.807, 2.05) is 24.3 Å². The average Bonchev–Trinajstić information content (AvgIpc) is 3.13. The van der Waals surface area contributed by atoms with E-state index >= 15 is 0 Å². The molecule has 3 rings (SSSR count). The highest BCUT2D eigenvalue weighted by molar-refractivity contribution is 5.86. The van der Waals surface area contributed by atoms with Gasteiger partial charge in [0.1, 0.15) is 23.7 Å². The molecule has 144 valence electrons. The van der Waals surface area contributed by atoms with Gasteiger partial charge in [0.2, 0.25) is 5.91 Å². The standard InChI is InChI=1S/C21H25FN2O3/c1-23-20(25)21(14-26-2)12-11-19(24-21)15-7-9-17(10-8-15)27-13-16-5-3-4-6-18(16)22/h3-10,19,24H,11-14H2,1-2H3,(H,23,25)/t19-,21-/m1/s1. The maximum atomic E-state index is 13.7. The first kappa shape index (κ1) is 19.3. The van der Waals surface area contributed by atoms with E-state index in [0.29, 0.717) is 24.3 Å². The number of amides is 1. The van der Waals surface area contributed by atoms with Crippen LogP contribution in [0.2, 0.25) is 0 Å². The summed E-state index contributed by atoms with van der Waals surface area (Å²) >= 11 is 0. The van der Waals surface area contributed by atoms with Gasteiger partial charge >= 0.3 is 0 Å². The molecule has 1 heterocycles. The molecule has 2 atom stereocenters. The number of carbonyl (C=O) groups is 1. The maximum Gasteiger partial charge on any atom is 0.242 e. The van der Waals surface area contributed by atoms with E-state index in [0.717, 1.165) is 12.0 Å². The van der Waals surface area contributed by atoms with Crippen molar-refractivity contribution in [3.05, 3.63) is 65.5 Å². The van der Waals surface area contributed by atoms with Gasteiger partial charge < -0.3 is 14.8 Å². The van der Waals surface area contributed by atoms with Gasteiger partial charge in [-0.1, -0.05) is 30.3 Å². The Kier molecular flexibility index (Phi) is 6.08. The molecule has 1 fully saturated rings. The third-order valence-corrected chi connectivity index (χ3v) is 5.00. The average molecular weight is 372 g/mol. The van der Waals surface area contributed by atoms with Gasteiger partial charge in [0.05, 0.1) is 6.61 Å². The summed E-state index contributed by atoms with van der Waals surface area (Å²) in [6.07, 6.45) is 1.54. The molecule has 1 aliphatic rings. The monoisotopic (exact) mass is 372 g/mol. The van der Waals surface area contributed by atoms with Crippen LogP contribution in [0.4, 0.5) is 4.39 Å². The van der Waals surface area contributed by atoms with E-state index in [1.54, 1.807) is 32.4 Å². The van der Waals surface area contributed by atoms with E-state index in [9.17, 15) is 9.18 Å². The zero-order valence-electron chi connectivity index (χ0n) is 15.6. The summed E-state index contributed by atoms with van der Waals surface area (Å²) in [4.78, 5) is 12.3. The van der Waals surface area contributed by atoms with E-state index in [4.69, 9.17) is 9.47 Å². The van der Waals surface area contributed by atoms with Gasteiger partial charge in [0.25, 0.3) is 0 Å². The molecule has 1 amide bonds. The van der Waals surface area contributed by atoms with Crippen LogP contribution in [0.5, 0.6) is 5.75 Å². The van der Waals surface area contributed by atoms with Gasteiger partial charge in [0, 0.05) is 25.8 Å². The topological polar surface area (TPSA) is 59.6 Å². The number of halogens is 1. The number of ether oxygens (including phenoxy) is 2. The van der Waals surface area contributed by atoms with Crippen molar-refractivity contribution >= 4 is 5.91 Å². The van der Waals surface area contributed by atoms with Crippen LogP contribution in [0.25, 0.3) is 0 Å². The van der Waals surface area contributed by atoms with Gasteiger partial charge in [-0.3, -0.25) is 10.1 Å². The lowest BCUT2D eigenvalue weighted by Crippen LogP contribution is -2.56. The third-order valence-electron chi connectivity index (χ3n) is 5.00. The zero-order valence-corrected chi connectivity index (χ0v) is 15.6. The van der Waals surface area contributed by atoms with Crippen LogP contribution in [-0.2, 0) is 16.1 Å². The highest BCUT2D eigenvalue weighted by atomic mass is 19.1. The molecule has 2 aromatic carbocycles. The van der Waals surface area contributed by atoms with Gasteiger partial charge in [-0.2, -0.15) is 0 Å². The Hall–Kier alpha value is -2.44. The highest BCUT2D eigenvalue weighted by Crippen LogP contribution is 2.34. The van der Waals surface area contributed by atoms with Crippen LogP contribution in [-0.4, -0.2) is 32.2 Å². The molecule has 27 heavy (non-hydrogen) atoms. The van der Waals surface area contributed by atoms with Crippen molar-refractivity contribution < 1.29 is 18.7 Å². The number of likely N-dealkylation sites (N-methyl/N-ethyl adjacent to an activating group) is 1. The first-order valence-electron chi connectivity index (χ1n) is 9.03. The third kappa shape index (κ3) is 4.28. The summed E-state index contributed by atoms with van der Waals surface area (Å²) < 4.78 is 24.6. The quantitative estimate of drug-likeness (QED) is 0.785. The predicted octanol–water partition coefficient (Wildman–Crippen LogP) is 2.96. The zero-order chi connectivity index (χ0) is 19.3. The number of benzene rings is 2. The van der Waals surface area contributed by atoms with Crippen molar-refractivity contribution in [2.24, 2.45) is 0 Å². The molecule has 5 nitrogen and oxygen atoms in total. The fraction of sp³-hybridized carbons (Fsp3) is 0.381. The maximum absolute atomic E-state index is 13.7. The Bertz CT molecular complexity index is 781. The van der Waals surface area contributed by atoms with E-state index in [2.05, 4.69) is 10.6 Å². The van der Waals surface area contributed by atoms with Crippen molar-refractivity contribution in [2.75, 3.05) is 20.8 Å². The number of rotatable bonds is 7. The van der Waals surface area contributed by atoms with Gasteiger partial charge in [0.15, 0.2) is 0 Å². The smallest absolute Gasteiger partial charge is 0.242 e. The minimum Gasteiger partial charge on any atom is -0.489 e. The minimum atomic E-state index is -0.700. The lowest BCUT2D eigenvalue weighted by atomic mass is 9.97. The second kappa shape index (κ2) is 8.50. The molecule has 0 bridgehead atoms. The molecule has 2 aromatic rings. The first-order valence-corrected chi connectivity index (χ1v) is 9.03. The number of nitrogens with one attached hydrogen (secondary N) is 2. The molecule has 1 aliphatic heterocycles. The Balaban J connectivity index is 1.64. The van der Waals surface area contributed by atoms with E-state index < -0.39 is 5.54 Å². The molecule has 0 aliphatic carbocycles. The fourth-order valence-corrected chi connectivity index (χ4v) is 3.54. The molecule has 1 saturated heterocycles. The first-order chi connectivity index (χ1) is 13.1. The van der Waals surface area contributed by atoms with Gasteiger partial charge in [-0.15, -0.1) is 0 Å². The number of carbonyl (C=O) groups excluding carboxylic acids is 1. The van der Waals surface area contributed by atoms with Crippen molar-refractivity contribution in [2.45, 2.75) is 31.0 Å². The summed E-state index contributed by atoms with van der Waals surface area (Å²) in [7, 11) is 3.23. The lowest BCUT2D eigenvalue weighted by molar-refractivity contribution is -0.128. The molecule has 0 unspecified atom stereocenters. The molecular weight excluding hydrogens is 347 g/mol. The fourth-order valence-electron chi connectivity index (χ4n) is 3.54. The minimum absolute atomic E-state index is 0.0586. The van der Waals surface area contributed by atoms with Crippen LogP contribution in [0.15, 0.2) is 48.5 Å². The van der Waals surface area contributed by atoms with Gasteiger partial charge in [-0.25, -0.2) is 4.39 Å². The number of methoxy groups -OCH3 is 1. The Labute approximate surface area is 158 Å². The lowest BCUT2D eigenvalue weighted by Gasteiger charge is -2.28. The van der Waals surface area contributed by atoms with E-state index in [1.165, 1.54) is 6.07 Å². The summed E-state index contributed by atoms with van der Waals surface area (Å²) in [5, 5.41) is 6.15. The van der Waals surface area contributed by atoms with E-state index in [-0.39, 0.29) is 24.4 Å². The predicted molar refractivity (Wildman–Crippen MR) is 101 cm³/mol. The number of hydrogen-bond donors (Lipinski definition) is 2. The highest BCUT2D eigenvalue weighted by Gasteiger charge is 2.44. The van der Waals surface area contributed by atoms with Crippen molar-refractivity contribution in [3.63, 3.8) is 0 Å². The molecule has 0 spiro atoms.